The number of alkyl halides is 3. The molecule has 0 amide bonds. The Balaban J connectivity index is 0.000000177. The standard InChI is InChI=1S/C27H27N.C27H26N.2C13H12N.CHF3O3S.2CH4O.2Ir/c2*1-2-4-23(5-3-1)26-15-24(10-11-28-26)22-6-8-25(9-7-22)27-16-19-12-20(17-27)14-21(13-19)18-27;2*1-10-3-6-12(7-4-10)13-8-5-11(2)9-14-13;2-1(3,4)8(5,6)7;2*1-2;;/h1-11,15,19-21H,12-14,16-18H2;1-4,6-11,15,19-21H,12-14,16-18H2;2*3-6,8-9H,1-2H3;(H,5,6,7);2*2H,1H3;;/q;3*-1;;;;;/i;;2*1D3,2D3;;;;;. The van der Waals surface area contributed by atoms with Gasteiger partial charge in [0.25, 0.3) is 0 Å². The van der Waals surface area contributed by atoms with Crippen LogP contribution in [0.4, 0.5) is 13.2 Å². The molecular formula is C83H86F3Ir2N4O5S-3. The first-order chi connectivity index (χ1) is 51.1. The van der Waals surface area contributed by atoms with Gasteiger partial charge < -0.3 is 25.2 Å². The fraction of sp³-hybridized carbons (Fsp3) is 0.325. The van der Waals surface area contributed by atoms with E-state index < -0.39 is 43.0 Å². The Hall–Kier alpha value is -7.16. The van der Waals surface area contributed by atoms with Gasteiger partial charge in [0.1, 0.15) is 0 Å². The number of aromatic nitrogens is 4. The fourth-order valence-corrected chi connectivity index (χ4v) is 15.9. The molecule has 0 aliphatic heterocycles. The molecule has 516 valence electrons. The van der Waals surface area contributed by atoms with Crippen LogP contribution in [0.2, 0.25) is 0 Å². The van der Waals surface area contributed by atoms with Crippen LogP contribution in [0.15, 0.2) is 213 Å². The third kappa shape index (κ3) is 19.4. The Bertz CT molecular complexity index is 4230. The molecule has 98 heavy (non-hydrogen) atoms. The summed E-state index contributed by atoms with van der Waals surface area (Å²) in [6.45, 7) is -8.68. The fourth-order valence-electron chi connectivity index (χ4n) is 15.9. The maximum atomic E-state index is 10.7. The van der Waals surface area contributed by atoms with Gasteiger partial charge in [0.2, 0.25) is 0 Å². The van der Waals surface area contributed by atoms with E-state index in [-0.39, 0.29) is 62.5 Å². The maximum Gasteiger partial charge on any atom is 0.522 e. The molecule has 6 aromatic carbocycles. The summed E-state index contributed by atoms with van der Waals surface area (Å²) in [6.07, 6.45) is 24.1. The summed E-state index contributed by atoms with van der Waals surface area (Å²) in [5, 5.41) is 14.0. The Kier molecular flexibility index (Phi) is 21.5. The summed E-state index contributed by atoms with van der Waals surface area (Å²) in [4.78, 5) is 17.3. The van der Waals surface area contributed by atoms with Crippen molar-refractivity contribution < 1.29 is 93.0 Å². The Labute approximate surface area is 621 Å². The zero-order valence-corrected chi connectivity index (χ0v) is 59.9. The van der Waals surface area contributed by atoms with Gasteiger partial charge in [-0.25, -0.2) is 0 Å². The van der Waals surface area contributed by atoms with Crippen molar-refractivity contribution in [3.8, 4) is 67.3 Å². The Morgan fingerprint density at radius 3 is 1.12 bits per heavy atom. The van der Waals surface area contributed by atoms with Crippen molar-refractivity contribution >= 4 is 10.1 Å². The van der Waals surface area contributed by atoms with Gasteiger partial charge in [-0.3, -0.25) is 9.54 Å². The number of halogens is 3. The molecule has 0 spiro atoms. The number of aliphatic hydroxyl groups excluding tert-OH is 2. The average Bonchev–Trinajstić information content (AvgIpc) is 0.739. The van der Waals surface area contributed by atoms with Crippen molar-refractivity contribution in [3.63, 3.8) is 0 Å². The van der Waals surface area contributed by atoms with Crippen molar-refractivity contribution in [2.45, 2.75) is 121 Å². The molecule has 18 rings (SSSR count). The quantitative estimate of drug-likeness (QED) is 0.0769. The summed E-state index contributed by atoms with van der Waals surface area (Å²) >= 11 is 0. The SMILES string of the molecule is CO.CO.O=S(=O)(O)C(F)(F)F.[2H]C([2H])([2H])c1c[c-]c(-c2ccc(C([2H])([2H])[2H])cn2)cc1.[2H]C([2H])([2H])c1c[c-]c(-c2ccc(C([2H])([2H])[2H])cn2)cc1.[Ir].[Ir].[c-]1ccccc1-c1cc(-c2ccc(C34CC5CC(CC(C5)C3)C4)cc2)ccn1.c1ccc(-c2cc(-c3ccc(C45CC6CC(CC(C6)C4)C5)cc3)ccn2)cc1. The van der Waals surface area contributed by atoms with E-state index >= 15 is 0 Å². The van der Waals surface area contributed by atoms with Crippen molar-refractivity contribution in [3.05, 3.63) is 264 Å². The van der Waals surface area contributed by atoms with Crippen LogP contribution < -0.4 is 0 Å². The largest absolute Gasteiger partial charge is 0.522 e. The Morgan fingerprint density at radius 2 is 0.786 bits per heavy atom. The average molecular weight is 1710 g/mol. The first-order valence-corrected chi connectivity index (χ1v) is 33.7. The van der Waals surface area contributed by atoms with Gasteiger partial charge in [0, 0.05) is 101 Å². The van der Waals surface area contributed by atoms with Crippen molar-refractivity contribution in [2.24, 2.45) is 35.5 Å². The number of pyridine rings is 4. The van der Waals surface area contributed by atoms with Crippen LogP contribution in [-0.4, -0.2) is 62.8 Å². The summed E-state index contributed by atoms with van der Waals surface area (Å²) in [6, 6.07) is 70.4. The van der Waals surface area contributed by atoms with Crippen LogP contribution in [0.25, 0.3) is 67.3 Å². The number of aliphatic hydroxyl groups is 2. The second-order valence-corrected chi connectivity index (χ2v) is 27.2. The van der Waals surface area contributed by atoms with Crippen LogP contribution in [0, 0.1) is 81.1 Å². The number of nitrogens with zero attached hydrogens (tertiary/aromatic N) is 4. The first-order valence-electron chi connectivity index (χ1n) is 38.2. The normalized spacial score (nSPS) is 23.9. The van der Waals surface area contributed by atoms with Gasteiger partial charge in [-0.05, 0) is 217 Å². The van der Waals surface area contributed by atoms with Gasteiger partial charge in [0.15, 0.2) is 0 Å². The molecule has 0 saturated heterocycles. The smallest absolute Gasteiger partial charge is 0.400 e. The minimum Gasteiger partial charge on any atom is -0.400 e. The van der Waals surface area contributed by atoms with Gasteiger partial charge in [-0.15, -0.1) is 107 Å². The van der Waals surface area contributed by atoms with Crippen molar-refractivity contribution in [2.75, 3.05) is 14.2 Å². The van der Waals surface area contributed by atoms with Crippen molar-refractivity contribution in [1.82, 2.24) is 19.9 Å². The number of hydrogen-bond donors (Lipinski definition) is 3. The molecule has 10 aromatic rings. The number of rotatable bonds is 8. The second kappa shape index (κ2) is 34.8. The van der Waals surface area contributed by atoms with Gasteiger partial charge in [-0.1, -0.05) is 123 Å². The molecular weight excluding hydrogens is 1610 g/mol. The van der Waals surface area contributed by atoms with Crippen LogP contribution in [0.3, 0.4) is 0 Å². The molecule has 8 fully saturated rings. The molecule has 4 aromatic heterocycles. The third-order valence-corrected chi connectivity index (χ3v) is 19.9. The monoisotopic (exact) mass is 1710 g/mol. The van der Waals surface area contributed by atoms with Crippen LogP contribution in [0.5, 0.6) is 0 Å². The number of aryl methyl sites for hydroxylation is 4. The third-order valence-electron chi connectivity index (χ3n) is 19.3. The van der Waals surface area contributed by atoms with E-state index in [0.29, 0.717) is 33.3 Å². The van der Waals surface area contributed by atoms with Crippen molar-refractivity contribution in [1.29, 1.82) is 0 Å². The molecule has 8 aliphatic carbocycles. The molecule has 8 aliphatic rings. The molecule has 15 heteroatoms. The van der Waals surface area contributed by atoms with Gasteiger partial charge in [0.05, 0.1) is 5.69 Å². The second-order valence-electron chi connectivity index (χ2n) is 25.8. The van der Waals surface area contributed by atoms with Crippen LogP contribution in [0.1, 0.15) is 127 Å². The summed E-state index contributed by atoms with van der Waals surface area (Å²) in [5.74, 6) is 5.99. The molecule has 0 atom stereocenters. The summed E-state index contributed by atoms with van der Waals surface area (Å²) < 4.78 is 145. The number of benzene rings is 6. The topological polar surface area (TPSA) is 146 Å². The predicted octanol–water partition coefficient (Wildman–Crippen LogP) is 19.5. The Morgan fingerprint density at radius 1 is 0.418 bits per heavy atom. The molecule has 3 N–H and O–H groups in total. The van der Waals surface area contributed by atoms with E-state index in [1.165, 1.54) is 154 Å². The zero-order valence-electron chi connectivity index (χ0n) is 66.3. The number of hydrogen-bond acceptors (Lipinski definition) is 8. The maximum absolute atomic E-state index is 10.7. The minimum absolute atomic E-state index is 0. The minimum atomic E-state index is -5.84. The molecule has 8 saturated carbocycles. The predicted molar refractivity (Wildman–Crippen MR) is 379 cm³/mol. The van der Waals surface area contributed by atoms with Crippen LogP contribution >= 0.6 is 0 Å². The van der Waals surface area contributed by atoms with Crippen LogP contribution in [-0.2, 0) is 61.2 Å². The molecule has 4 heterocycles. The molecule has 2 radical (unpaired) electrons. The van der Waals surface area contributed by atoms with E-state index in [4.69, 9.17) is 39.6 Å². The van der Waals surface area contributed by atoms with E-state index in [1.807, 2.05) is 30.6 Å². The summed E-state index contributed by atoms with van der Waals surface area (Å²) in [5.41, 5.74) is 11.1. The molecule has 0 unspecified atom stereocenters. The van der Waals surface area contributed by atoms with E-state index in [2.05, 4.69) is 147 Å². The van der Waals surface area contributed by atoms with Gasteiger partial charge >= 0.3 is 15.6 Å². The summed E-state index contributed by atoms with van der Waals surface area (Å²) in [7, 11) is -3.84. The molecule has 8 bridgehead atoms. The molecule has 9 nitrogen and oxygen atoms in total. The first kappa shape index (κ1) is 60.8. The zero-order chi connectivity index (χ0) is 78.0. The van der Waals surface area contributed by atoms with E-state index in [9.17, 15) is 13.2 Å². The van der Waals surface area contributed by atoms with E-state index in [1.54, 1.807) is 35.4 Å². The van der Waals surface area contributed by atoms with E-state index in [0.717, 1.165) is 66.7 Å². The van der Waals surface area contributed by atoms with Gasteiger partial charge in [-0.2, -0.15) is 21.6 Å².